The maximum absolute atomic E-state index is 12.2. The zero-order chi connectivity index (χ0) is 39.6. The van der Waals surface area contributed by atoms with E-state index in [4.69, 9.17) is 4.98 Å². The van der Waals surface area contributed by atoms with Crippen LogP contribution in [0.1, 0.15) is 110 Å². The molecule has 0 amide bonds. The summed E-state index contributed by atoms with van der Waals surface area (Å²) in [5.41, 5.74) is 8.24. The van der Waals surface area contributed by atoms with Gasteiger partial charge in [0.25, 0.3) is 0 Å². The van der Waals surface area contributed by atoms with Gasteiger partial charge in [0, 0.05) is 68.2 Å². The van der Waals surface area contributed by atoms with Crippen LogP contribution < -0.4 is 0 Å². The van der Waals surface area contributed by atoms with Gasteiger partial charge in [-0.2, -0.15) is 0 Å². The van der Waals surface area contributed by atoms with Crippen LogP contribution >= 0.6 is 22.7 Å². The normalized spacial score (nSPS) is 12.4. The maximum Gasteiger partial charge on any atom is 0.164 e. The second kappa shape index (κ2) is 17.8. The molecule has 3 aromatic carbocycles. The molecule has 0 spiro atoms. The van der Waals surface area contributed by atoms with Gasteiger partial charge in [-0.3, -0.25) is 9.78 Å². The van der Waals surface area contributed by atoms with Crippen molar-refractivity contribution in [1.82, 2.24) is 4.98 Å². The van der Waals surface area contributed by atoms with E-state index < -0.39 is 0 Å². The fourth-order valence-electron chi connectivity index (χ4n) is 6.90. The average molecular weight is 949 g/mol. The molecule has 6 rings (SSSR count). The molecule has 0 bridgehead atoms. The number of thiophene rings is 2. The smallest absolute Gasteiger partial charge is 0.164 e. The summed E-state index contributed by atoms with van der Waals surface area (Å²) >= 11 is 3.79. The van der Waals surface area contributed by atoms with Crippen LogP contribution in [0.2, 0.25) is 0 Å². The molecular formula is C49H58IrNO2S2-. The summed E-state index contributed by atoms with van der Waals surface area (Å²) < 4.78 is 1.24. The van der Waals surface area contributed by atoms with Crippen LogP contribution in [-0.2, 0) is 30.3 Å². The van der Waals surface area contributed by atoms with Crippen LogP contribution in [-0.4, -0.2) is 15.9 Å². The van der Waals surface area contributed by atoms with Crippen molar-refractivity contribution >= 4 is 49.3 Å². The van der Waals surface area contributed by atoms with Crippen molar-refractivity contribution in [2.24, 2.45) is 10.8 Å². The molecule has 0 saturated heterocycles. The number of carbonyl (C=O) groups is 1. The van der Waals surface area contributed by atoms with E-state index in [2.05, 4.69) is 114 Å². The molecule has 1 radical (unpaired) electrons. The van der Waals surface area contributed by atoms with Crippen LogP contribution in [0.4, 0.5) is 0 Å². The van der Waals surface area contributed by atoms with Crippen LogP contribution in [0.15, 0.2) is 84.8 Å². The summed E-state index contributed by atoms with van der Waals surface area (Å²) in [7, 11) is 0. The molecule has 0 aliphatic rings. The first-order valence-electron chi connectivity index (χ1n) is 19.5. The van der Waals surface area contributed by atoms with Crippen LogP contribution in [0.25, 0.3) is 52.3 Å². The first-order chi connectivity index (χ1) is 25.5. The molecule has 0 aliphatic heterocycles. The third-order valence-corrected chi connectivity index (χ3v) is 14.9. The monoisotopic (exact) mass is 949 g/mol. The van der Waals surface area contributed by atoms with Crippen LogP contribution in [0, 0.1) is 37.7 Å². The maximum atomic E-state index is 12.2. The Balaban J connectivity index is 0.000000320. The Kier molecular flexibility index (Phi) is 14.3. The summed E-state index contributed by atoms with van der Waals surface area (Å²) in [5.74, 6) is 0.286. The summed E-state index contributed by atoms with van der Waals surface area (Å²) in [6.07, 6.45) is 6.72. The Morgan fingerprint density at radius 1 is 0.727 bits per heavy atom. The number of aromatic nitrogens is 1. The van der Waals surface area contributed by atoms with Crippen molar-refractivity contribution in [3.8, 4) is 31.5 Å². The number of aryl methyl sites for hydroxylation is 1. The molecule has 0 atom stereocenters. The number of benzene rings is 3. The minimum absolute atomic E-state index is 0. The van der Waals surface area contributed by atoms with Crippen molar-refractivity contribution in [2.75, 3.05) is 0 Å². The van der Waals surface area contributed by atoms with Gasteiger partial charge in [0.15, 0.2) is 5.78 Å². The second-order valence-electron chi connectivity index (χ2n) is 16.3. The molecule has 0 unspecified atom stereocenters. The van der Waals surface area contributed by atoms with E-state index in [1.807, 2.05) is 70.4 Å². The van der Waals surface area contributed by atoms with E-state index in [1.54, 1.807) is 0 Å². The molecule has 6 aromatic rings. The number of carbonyl (C=O) groups excluding carboxylic acids is 1. The molecular weight excluding hydrogens is 891 g/mol. The fourth-order valence-corrected chi connectivity index (χ4v) is 9.76. The fraction of sp³-hybridized carbons (Fsp3) is 0.388. The van der Waals surface area contributed by atoms with Crippen molar-refractivity contribution in [3.63, 3.8) is 0 Å². The molecule has 6 heteroatoms. The minimum atomic E-state index is -0.337. The Hall–Kier alpha value is -3.41. The second-order valence-corrected chi connectivity index (χ2v) is 18.3. The first kappa shape index (κ1) is 44.3. The predicted molar refractivity (Wildman–Crippen MR) is 236 cm³/mol. The molecule has 0 saturated carbocycles. The zero-order valence-corrected chi connectivity index (χ0v) is 38.8. The zero-order valence-electron chi connectivity index (χ0n) is 34.8. The number of pyridine rings is 1. The van der Waals surface area contributed by atoms with Gasteiger partial charge >= 0.3 is 0 Å². The van der Waals surface area contributed by atoms with Gasteiger partial charge < -0.3 is 5.11 Å². The number of aliphatic hydroxyl groups excluding tert-OH is 1. The SMILES string of the molecule is CCC(C)(CC)C(=O)/C=C(\O)C(C)(CC)CC.Cc1c(-c2ccccc2)sc(-c2sc3c(-c4[c-]c5ccccc5c(C(C)(C)C)c4)nccc3c2C)c1C.[Ir]. The van der Waals surface area contributed by atoms with Gasteiger partial charge in [-0.15, -0.1) is 51.8 Å². The van der Waals surface area contributed by atoms with E-state index in [1.165, 1.54) is 64.0 Å². The summed E-state index contributed by atoms with van der Waals surface area (Å²) in [4.78, 5) is 21.2. The van der Waals surface area contributed by atoms with Crippen LogP contribution in [0.3, 0.4) is 0 Å². The number of hydrogen-bond donors (Lipinski definition) is 1. The Morgan fingerprint density at radius 3 is 1.89 bits per heavy atom. The van der Waals surface area contributed by atoms with Crippen molar-refractivity contribution in [3.05, 3.63) is 113 Å². The third kappa shape index (κ3) is 8.94. The number of allylic oxidation sites excluding steroid dienone is 2. The summed E-state index contributed by atoms with van der Waals surface area (Å²) in [5, 5.41) is 13.8. The molecule has 293 valence electrons. The molecule has 0 fully saturated rings. The number of rotatable bonds is 10. The summed E-state index contributed by atoms with van der Waals surface area (Å²) in [6, 6.07) is 27.6. The number of hydrogen-bond acceptors (Lipinski definition) is 5. The predicted octanol–water partition coefficient (Wildman–Crippen LogP) is 15.2. The largest absolute Gasteiger partial charge is 0.512 e. The van der Waals surface area contributed by atoms with Gasteiger partial charge in [0.2, 0.25) is 0 Å². The van der Waals surface area contributed by atoms with Gasteiger partial charge in [-0.25, -0.2) is 0 Å². The van der Waals surface area contributed by atoms with E-state index in [-0.39, 0.29) is 47.9 Å². The van der Waals surface area contributed by atoms with Gasteiger partial charge in [0.1, 0.15) is 5.76 Å². The minimum Gasteiger partial charge on any atom is -0.512 e. The van der Waals surface area contributed by atoms with Gasteiger partial charge in [0.05, 0.1) is 0 Å². The van der Waals surface area contributed by atoms with Crippen LogP contribution in [0.5, 0.6) is 0 Å². The van der Waals surface area contributed by atoms with E-state index in [0.717, 1.165) is 42.3 Å². The van der Waals surface area contributed by atoms with Crippen molar-refractivity contribution < 1.29 is 30.0 Å². The first-order valence-corrected chi connectivity index (χ1v) is 21.1. The molecule has 0 aliphatic carbocycles. The van der Waals surface area contributed by atoms with E-state index in [0.29, 0.717) is 0 Å². The van der Waals surface area contributed by atoms with E-state index >= 15 is 0 Å². The third-order valence-electron chi connectivity index (χ3n) is 12.0. The van der Waals surface area contributed by atoms with E-state index in [9.17, 15) is 9.90 Å². The molecule has 55 heavy (non-hydrogen) atoms. The van der Waals surface area contributed by atoms with Gasteiger partial charge in [-0.1, -0.05) is 122 Å². The standard InChI is InChI=1S/C34H30NS2.C15H28O2.Ir/c1-20-21(2)31(36-30(20)23-12-8-7-9-13-23)32-22(3)26-16-17-35-29(33(26)37-32)25-18-24-14-10-11-15-27(24)28(19-25)34(4,5)6;1-7-14(5,8-2)12(16)11-13(17)15(6,9-3)10-4;/h7-17,19H,1-6H3;11,16H,7-10H2,1-6H3;/q-1;;/b;12-11-;. The Morgan fingerprint density at radius 2 is 1.29 bits per heavy atom. The quantitative estimate of drug-likeness (QED) is 0.0846. The van der Waals surface area contributed by atoms with Gasteiger partial charge in [-0.05, 0) is 85.6 Å². The molecule has 1 N–H and O–H groups in total. The topological polar surface area (TPSA) is 50.2 Å². The summed E-state index contributed by atoms with van der Waals surface area (Å²) in [6.45, 7) is 25.7. The average Bonchev–Trinajstić information content (AvgIpc) is 3.67. The molecule has 3 heterocycles. The number of nitrogens with zero attached hydrogens (tertiary/aromatic N) is 1. The molecule has 3 aromatic heterocycles. The number of ketones is 1. The Labute approximate surface area is 351 Å². The number of fused-ring (bicyclic) bond motifs is 2. The number of aliphatic hydroxyl groups is 1. The van der Waals surface area contributed by atoms with Crippen molar-refractivity contribution in [2.45, 2.75) is 114 Å². The Bertz CT molecular complexity index is 2300. The van der Waals surface area contributed by atoms with Crippen molar-refractivity contribution in [1.29, 1.82) is 0 Å². The molecule has 3 nitrogen and oxygen atoms in total.